The van der Waals surface area contributed by atoms with E-state index in [2.05, 4.69) is 10.5 Å². The van der Waals surface area contributed by atoms with Gasteiger partial charge in [-0.15, -0.1) is 0 Å². The molecule has 0 heterocycles. The van der Waals surface area contributed by atoms with Crippen LogP contribution in [0, 0.1) is 5.92 Å². The topological polar surface area (TPSA) is 105 Å². The first-order chi connectivity index (χ1) is 12.3. The number of para-hydroxylation sites is 1. The van der Waals surface area contributed by atoms with Gasteiger partial charge in [-0.25, -0.2) is 13.8 Å². The second-order valence-corrected chi connectivity index (χ2v) is 7.85. The van der Waals surface area contributed by atoms with Crippen molar-refractivity contribution < 1.29 is 22.7 Å². The molecule has 1 aromatic carbocycles. The number of rotatable bonds is 7. The molecule has 142 valence electrons. The molecular formula is C17H23N3O5S. The van der Waals surface area contributed by atoms with E-state index < -0.39 is 28.4 Å². The number of sulfonamides is 1. The number of ether oxygens (including phenoxy) is 1. The van der Waals surface area contributed by atoms with Gasteiger partial charge in [0.25, 0.3) is 5.91 Å². The minimum Gasteiger partial charge on any atom is -0.465 e. The Morgan fingerprint density at radius 3 is 2.62 bits per heavy atom. The van der Waals surface area contributed by atoms with E-state index in [1.165, 1.54) is 0 Å². The lowest BCUT2D eigenvalue weighted by atomic mass is 10.1. The monoisotopic (exact) mass is 381 g/mol. The SMILES string of the molecule is CCOC(=O)C1CCCC1=NNC(=O)CN(c1ccccc1)S(C)(=O)=O. The van der Waals surface area contributed by atoms with Gasteiger partial charge >= 0.3 is 5.97 Å². The smallest absolute Gasteiger partial charge is 0.314 e. The summed E-state index contributed by atoms with van der Waals surface area (Å²) in [6.07, 6.45) is 3.05. The van der Waals surface area contributed by atoms with Crippen molar-refractivity contribution in [1.29, 1.82) is 0 Å². The molecule has 0 bridgehead atoms. The van der Waals surface area contributed by atoms with E-state index in [1.807, 2.05) is 0 Å². The van der Waals surface area contributed by atoms with Gasteiger partial charge in [0.05, 0.1) is 30.2 Å². The van der Waals surface area contributed by atoms with Gasteiger partial charge in [-0.3, -0.25) is 13.9 Å². The van der Waals surface area contributed by atoms with Crippen LogP contribution >= 0.6 is 0 Å². The highest BCUT2D eigenvalue weighted by atomic mass is 32.2. The molecule has 0 aromatic heterocycles. The van der Waals surface area contributed by atoms with Gasteiger partial charge in [-0.05, 0) is 38.3 Å². The molecule has 1 N–H and O–H groups in total. The number of esters is 1. The summed E-state index contributed by atoms with van der Waals surface area (Å²) in [4.78, 5) is 24.1. The van der Waals surface area contributed by atoms with Crippen LogP contribution in [0.3, 0.4) is 0 Å². The number of amides is 1. The molecule has 1 amide bonds. The molecule has 1 aromatic rings. The van der Waals surface area contributed by atoms with Crippen LogP contribution in [0.4, 0.5) is 5.69 Å². The van der Waals surface area contributed by atoms with E-state index in [0.717, 1.165) is 17.0 Å². The van der Waals surface area contributed by atoms with Crippen molar-refractivity contribution in [2.45, 2.75) is 26.2 Å². The van der Waals surface area contributed by atoms with Crippen molar-refractivity contribution in [2.75, 3.05) is 23.7 Å². The Morgan fingerprint density at radius 2 is 2.00 bits per heavy atom. The zero-order chi connectivity index (χ0) is 19.2. The standard InChI is InChI=1S/C17H23N3O5S/c1-3-25-17(22)14-10-7-11-15(14)18-19-16(21)12-20(26(2,23)24)13-8-5-4-6-9-13/h4-6,8-9,14H,3,7,10-12H2,1-2H3,(H,19,21). The number of nitrogens with one attached hydrogen (secondary N) is 1. The van der Waals surface area contributed by atoms with Crippen molar-refractivity contribution >= 4 is 33.3 Å². The Labute approximate surface area is 153 Å². The largest absolute Gasteiger partial charge is 0.465 e. The Kier molecular flexibility index (Phi) is 6.73. The summed E-state index contributed by atoms with van der Waals surface area (Å²) in [5, 5.41) is 4.03. The number of hydrogen-bond donors (Lipinski definition) is 1. The molecule has 1 atom stereocenters. The summed E-state index contributed by atoms with van der Waals surface area (Å²) in [7, 11) is -3.63. The second-order valence-electron chi connectivity index (χ2n) is 5.94. The van der Waals surface area contributed by atoms with Crippen LogP contribution in [0.5, 0.6) is 0 Å². The van der Waals surface area contributed by atoms with Gasteiger partial charge in [0.1, 0.15) is 6.54 Å². The van der Waals surface area contributed by atoms with Crippen LogP contribution in [0.15, 0.2) is 35.4 Å². The molecule has 1 saturated carbocycles. The van der Waals surface area contributed by atoms with Gasteiger partial charge in [0, 0.05) is 0 Å². The van der Waals surface area contributed by atoms with Crippen molar-refractivity contribution in [3.05, 3.63) is 30.3 Å². The molecule has 0 spiro atoms. The van der Waals surface area contributed by atoms with Crippen LogP contribution in [0.25, 0.3) is 0 Å². The van der Waals surface area contributed by atoms with Crippen LogP contribution in [-0.2, 0) is 24.3 Å². The minimum absolute atomic E-state index is 0.287. The van der Waals surface area contributed by atoms with Crippen LogP contribution in [0.2, 0.25) is 0 Å². The molecule has 8 nitrogen and oxygen atoms in total. The fourth-order valence-electron chi connectivity index (χ4n) is 2.75. The Hall–Kier alpha value is -2.42. The van der Waals surface area contributed by atoms with Crippen LogP contribution in [-0.4, -0.2) is 45.4 Å². The van der Waals surface area contributed by atoms with Gasteiger partial charge < -0.3 is 4.74 Å². The predicted octanol–water partition coefficient (Wildman–Crippen LogP) is 1.29. The number of hydrazone groups is 1. The maximum Gasteiger partial charge on any atom is 0.314 e. The summed E-state index contributed by atoms with van der Waals surface area (Å²) in [5.74, 6) is -1.38. The predicted molar refractivity (Wildman–Crippen MR) is 98.2 cm³/mol. The highest BCUT2D eigenvalue weighted by Gasteiger charge is 2.31. The van der Waals surface area contributed by atoms with Gasteiger partial charge in [0.15, 0.2) is 0 Å². The normalized spacial score (nSPS) is 18.5. The summed E-state index contributed by atoms with van der Waals surface area (Å²) < 4.78 is 30.0. The van der Waals surface area contributed by atoms with Crippen LogP contribution in [0.1, 0.15) is 26.2 Å². The zero-order valence-electron chi connectivity index (χ0n) is 14.8. The summed E-state index contributed by atoms with van der Waals surface area (Å²) in [5.41, 5.74) is 3.31. The number of benzene rings is 1. The first kappa shape index (κ1) is 19.9. The van der Waals surface area contributed by atoms with Crippen molar-refractivity contribution in [1.82, 2.24) is 5.43 Å². The molecule has 0 aliphatic heterocycles. The molecule has 2 rings (SSSR count). The maximum absolute atomic E-state index is 12.2. The molecule has 1 aliphatic rings. The fourth-order valence-corrected chi connectivity index (χ4v) is 3.61. The van der Waals surface area contributed by atoms with E-state index in [1.54, 1.807) is 37.3 Å². The fraction of sp³-hybridized carbons (Fsp3) is 0.471. The Balaban J connectivity index is 2.05. The molecule has 1 aliphatic carbocycles. The van der Waals surface area contributed by atoms with E-state index >= 15 is 0 Å². The molecule has 9 heteroatoms. The maximum atomic E-state index is 12.2. The van der Waals surface area contributed by atoms with E-state index in [0.29, 0.717) is 24.2 Å². The highest BCUT2D eigenvalue weighted by Crippen LogP contribution is 2.23. The average molecular weight is 381 g/mol. The first-order valence-corrected chi connectivity index (χ1v) is 10.2. The van der Waals surface area contributed by atoms with Crippen LogP contribution < -0.4 is 9.73 Å². The molecule has 1 unspecified atom stereocenters. The molecular weight excluding hydrogens is 358 g/mol. The van der Waals surface area contributed by atoms with Gasteiger partial charge in [-0.2, -0.15) is 5.10 Å². The number of hydrogen-bond acceptors (Lipinski definition) is 6. The molecule has 26 heavy (non-hydrogen) atoms. The third-order valence-corrected chi connectivity index (χ3v) is 5.10. The van der Waals surface area contributed by atoms with Crippen molar-refractivity contribution in [2.24, 2.45) is 11.0 Å². The van der Waals surface area contributed by atoms with Crippen molar-refractivity contribution in [3.63, 3.8) is 0 Å². The summed E-state index contributed by atoms with van der Waals surface area (Å²) in [6.45, 7) is 1.62. The minimum atomic E-state index is -3.63. The first-order valence-electron chi connectivity index (χ1n) is 8.37. The van der Waals surface area contributed by atoms with Crippen molar-refractivity contribution in [3.8, 4) is 0 Å². The lowest BCUT2D eigenvalue weighted by Crippen LogP contribution is -2.39. The quantitative estimate of drug-likeness (QED) is 0.566. The van der Waals surface area contributed by atoms with Gasteiger partial charge in [-0.1, -0.05) is 18.2 Å². The third kappa shape index (κ3) is 5.29. The number of carbonyl (C=O) groups is 2. The zero-order valence-corrected chi connectivity index (χ0v) is 15.7. The number of nitrogens with zero attached hydrogens (tertiary/aromatic N) is 2. The second kappa shape index (κ2) is 8.79. The summed E-state index contributed by atoms with van der Waals surface area (Å²) in [6, 6.07) is 8.34. The highest BCUT2D eigenvalue weighted by molar-refractivity contribution is 7.92. The van der Waals surface area contributed by atoms with E-state index in [-0.39, 0.29) is 12.6 Å². The lowest BCUT2D eigenvalue weighted by molar-refractivity contribution is -0.145. The number of anilines is 1. The number of carbonyl (C=O) groups excluding carboxylic acids is 2. The van der Waals surface area contributed by atoms with E-state index in [4.69, 9.17) is 4.74 Å². The molecule has 0 saturated heterocycles. The Morgan fingerprint density at radius 1 is 1.31 bits per heavy atom. The molecule has 1 fully saturated rings. The summed E-state index contributed by atoms with van der Waals surface area (Å²) >= 11 is 0. The van der Waals surface area contributed by atoms with E-state index in [9.17, 15) is 18.0 Å². The van der Waals surface area contributed by atoms with Gasteiger partial charge in [0.2, 0.25) is 10.0 Å². The third-order valence-electron chi connectivity index (χ3n) is 3.95. The molecule has 0 radical (unpaired) electrons. The Bertz CT molecular complexity index is 777. The average Bonchev–Trinajstić information content (AvgIpc) is 3.06. The lowest BCUT2D eigenvalue weighted by Gasteiger charge is -2.21.